The van der Waals surface area contributed by atoms with Gasteiger partial charge in [0.05, 0.1) is 0 Å². The van der Waals surface area contributed by atoms with E-state index >= 15 is 0 Å². The van der Waals surface area contributed by atoms with Crippen LogP contribution >= 0.6 is 0 Å². The number of rotatable bonds is 16. The van der Waals surface area contributed by atoms with E-state index in [-0.39, 0.29) is 0 Å². The minimum Gasteiger partial charge on any atom is -0.0654 e. The summed E-state index contributed by atoms with van der Waals surface area (Å²) in [5, 5.41) is 33.3. The predicted octanol–water partition coefficient (Wildman–Crippen LogP) is 21.0. The number of benzene rings is 13. The molecule has 0 saturated carbocycles. The van der Waals surface area contributed by atoms with Gasteiger partial charge in [-0.05, 0) is 178 Å². The molecular weight excluding hydrogens is 817 g/mol. The van der Waals surface area contributed by atoms with Gasteiger partial charge in [-0.1, -0.05) is 224 Å². The van der Waals surface area contributed by atoms with Gasteiger partial charge >= 0.3 is 0 Å². The van der Waals surface area contributed by atoms with Gasteiger partial charge in [-0.15, -0.1) is 0 Å². The monoisotopic (exact) mass is 878 g/mol. The van der Waals surface area contributed by atoms with E-state index in [0.717, 1.165) is 12.8 Å². The average Bonchev–Trinajstić information content (AvgIpc) is 3.38. The fraction of sp³-hybridized carbons (Fsp3) is 0.265. The molecule has 0 unspecified atom stereocenters. The second-order valence-corrected chi connectivity index (χ2v) is 20.6. The Morgan fingerprint density at radius 1 is 0.221 bits per heavy atom. The minimum atomic E-state index is 1.12. The van der Waals surface area contributed by atoms with Crippen molar-refractivity contribution in [2.24, 2.45) is 0 Å². The Bertz CT molecular complexity index is 3790. The Morgan fingerprint density at radius 2 is 0.529 bits per heavy atom. The highest BCUT2D eigenvalue weighted by atomic mass is 14.3. The van der Waals surface area contributed by atoms with Crippen LogP contribution in [0.5, 0.6) is 0 Å². The molecule has 0 fully saturated rings. The summed E-state index contributed by atoms with van der Waals surface area (Å²) >= 11 is 0. The summed E-state index contributed by atoms with van der Waals surface area (Å²) in [4.78, 5) is 0. The van der Waals surface area contributed by atoms with E-state index in [2.05, 4.69) is 159 Å². The van der Waals surface area contributed by atoms with Crippen LogP contribution in [0.15, 0.2) is 146 Å². The van der Waals surface area contributed by atoms with E-state index in [4.69, 9.17) is 0 Å². The third-order valence-corrected chi connectivity index (χ3v) is 16.5. The summed E-state index contributed by atoms with van der Waals surface area (Å²) in [6.45, 7) is 4.63. The van der Waals surface area contributed by atoms with Crippen molar-refractivity contribution in [1.29, 1.82) is 0 Å². The normalized spacial score (nSPS) is 12.6. The molecule has 0 spiro atoms. The van der Waals surface area contributed by atoms with Crippen LogP contribution in [-0.2, 0) is 12.8 Å². The lowest BCUT2D eigenvalue weighted by Gasteiger charge is -2.26. The molecule has 0 atom stereocenters. The van der Waals surface area contributed by atoms with Gasteiger partial charge in [0.2, 0.25) is 0 Å². The molecule has 0 bridgehead atoms. The molecule has 0 radical (unpaired) electrons. The molecule has 0 nitrogen and oxygen atoms in total. The van der Waals surface area contributed by atoms with Crippen molar-refractivity contribution >= 4 is 129 Å². The Hall–Kier alpha value is -6.50. The summed E-state index contributed by atoms with van der Waals surface area (Å²) < 4.78 is 0. The van der Waals surface area contributed by atoms with E-state index in [1.807, 2.05) is 0 Å². The fourth-order valence-corrected chi connectivity index (χ4v) is 13.3. The number of fused-ring (bicyclic) bond motifs is 18. The highest BCUT2D eigenvalue weighted by molar-refractivity contribution is 6.57. The smallest absolute Gasteiger partial charge is 0.0000703 e. The van der Waals surface area contributed by atoms with Crippen LogP contribution in [0.2, 0.25) is 0 Å². The van der Waals surface area contributed by atoms with Gasteiger partial charge in [-0.2, -0.15) is 0 Å². The van der Waals surface area contributed by atoms with Crippen molar-refractivity contribution in [3.8, 4) is 0 Å². The molecule has 13 aromatic carbocycles. The van der Waals surface area contributed by atoms with Crippen LogP contribution in [-0.4, -0.2) is 0 Å². The van der Waals surface area contributed by atoms with Gasteiger partial charge in [0, 0.05) is 0 Å². The summed E-state index contributed by atoms with van der Waals surface area (Å²) in [7, 11) is 0. The third kappa shape index (κ3) is 6.46. The maximum absolute atomic E-state index is 2.62. The first kappa shape index (κ1) is 41.7. The lowest BCUT2D eigenvalue weighted by atomic mass is 9.76. The fourth-order valence-electron chi connectivity index (χ4n) is 13.3. The molecule has 0 aliphatic rings. The van der Waals surface area contributed by atoms with Crippen molar-refractivity contribution in [1.82, 2.24) is 0 Å². The van der Waals surface area contributed by atoms with Gasteiger partial charge in [0.25, 0.3) is 0 Å². The first-order valence-corrected chi connectivity index (χ1v) is 26.6. The summed E-state index contributed by atoms with van der Waals surface area (Å²) in [5.74, 6) is 0. The molecule has 0 heterocycles. The molecule has 0 saturated heterocycles. The average molecular weight is 879 g/mol. The van der Waals surface area contributed by atoms with Crippen LogP contribution in [0, 0.1) is 0 Å². The largest absolute Gasteiger partial charge is 0.0654 e. The zero-order valence-electron chi connectivity index (χ0n) is 40.2. The van der Waals surface area contributed by atoms with E-state index in [1.54, 1.807) is 0 Å². The van der Waals surface area contributed by atoms with Crippen molar-refractivity contribution in [2.45, 2.75) is 117 Å². The molecule has 334 valence electrons. The summed E-state index contributed by atoms with van der Waals surface area (Å²) in [6, 6.07) is 57.6. The first-order valence-electron chi connectivity index (χ1n) is 26.6. The van der Waals surface area contributed by atoms with Gasteiger partial charge in [0.15, 0.2) is 0 Å². The van der Waals surface area contributed by atoms with Crippen LogP contribution in [0.1, 0.15) is 115 Å². The van der Waals surface area contributed by atoms with Crippen LogP contribution < -0.4 is 0 Å². The Morgan fingerprint density at radius 3 is 0.941 bits per heavy atom. The standard InChI is InChI=1S/C68H62/c1-3-5-7-9-11-13-15-25-43-35-37-53-55(39-43)59-47-29-19-17-27-45(47)41-57-49-31-21-24-34-52(49)62-64-54-38-36-44(26-16-14-12-10-8-6-4-2)40-56(54)60-48-30-20-18-28-46(48)42-58-50-32-22-23-33-51(50)61(68(64)66(58)60)63(53)67(62)65(57)59/h17-24,27-42H,3-16,25-26H2,1-2H3. The molecular formula is C68H62. The third-order valence-electron chi connectivity index (χ3n) is 16.5. The van der Waals surface area contributed by atoms with E-state index < -0.39 is 0 Å². The molecule has 0 amide bonds. The maximum atomic E-state index is 2.62. The zero-order valence-corrected chi connectivity index (χ0v) is 40.2. The highest BCUT2D eigenvalue weighted by Gasteiger charge is 2.28. The molecule has 0 N–H and O–H groups in total. The molecule has 68 heavy (non-hydrogen) atoms. The first-order chi connectivity index (χ1) is 33.7. The molecule has 13 aromatic rings. The quantitative estimate of drug-likeness (QED) is 0.0515. The Labute approximate surface area is 400 Å². The van der Waals surface area contributed by atoms with Gasteiger partial charge in [-0.25, -0.2) is 0 Å². The van der Waals surface area contributed by atoms with E-state index in [0.29, 0.717) is 0 Å². The van der Waals surface area contributed by atoms with Crippen molar-refractivity contribution in [3.05, 3.63) is 157 Å². The summed E-state index contributed by atoms with van der Waals surface area (Å²) in [6.07, 6.45) is 20.8. The van der Waals surface area contributed by atoms with Crippen LogP contribution in [0.3, 0.4) is 0 Å². The van der Waals surface area contributed by atoms with E-state index in [1.165, 1.54) is 230 Å². The molecule has 0 aliphatic carbocycles. The molecule has 0 aliphatic heterocycles. The van der Waals surface area contributed by atoms with Gasteiger partial charge in [-0.3, -0.25) is 0 Å². The van der Waals surface area contributed by atoms with Crippen LogP contribution in [0.25, 0.3) is 129 Å². The second kappa shape index (κ2) is 17.2. The van der Waals surface area contributed by atoms with Gasteiger partial charge in [0.1, 0.15) is 0 Å². The summed E-state index contributed by atoms with van der Waals surface area (Å²) in [5.41, 5.74) is 2.93. The topological polar surface area (TPSA) is 0 Å². The van der Waals surface area contributed by atoms with Crippen molar-refractivity contribution < 1.29 is 0 Å². The number of hydrogen-bond donors (Lipinski definition) is 0. The lowest BCUT2D eigenvalue weighted by Crippen LogP contribution is -1.98. The minimum absolute atomic E-state index is 1.12. The zero-order chi connectivity index (χ0) is 45.3. The second-order valence-electron chi connectivity index (χ2n) is 20.6. The van der Waals surface area contributed by atoms with E-state index in [9.17, 15) is 0 Å². The number of unbranched alkanes of at least 4 members (excludes halogenated alkanes) is 12. The number of aryl methyl sites for hydroxylation is 2. The molecule has 0 aromatic heterocycles. The highest BCUT2D eigenvalue weighted by Crippen LogP contribution is 2.57. The lowest BCUT2D eigenvalue weighted by molar-refractivity contribution is 0.589. The molecule has 13 rings (SSSR count). The van der Waals surface area contributed by atoms with Gasteiger partial charge < -0.3 is 0 Å². The maximum Gasteiger partial charge on any atom is -0.0000703 e. The SMILES string of the molecule is CCCCCCCCCc1ccc2c(c1)c1c3ccccc3cc3c4ccccc4c4c5c6ccc(CCCCCCCCC)cc6c6c7ccccc7cc7c8ccccc8c(c2c4c31)c5c76. The van der Waals surface area contributed by atoms with Crippen molar-refractivity contribution in [2.75, 3.05) is 0 Å². The Balaban J connectivity index is 1.20. The molecule has 0 heteroatoms. The Kier molecular flexibility index (Phi) is 10.6. The van der Waals surface area contributed by atoms with Crippen LogP contribution in [0.4, 0.5) is 0 Å². The predicted molar refractivity (Wildman–Crippen MR) is 302 cm³/mol. The number of hydrogen-bond acceptors (Lipinski definition) is 0. The van der Waals surface area contributed by atoms with Crippen molar-refractivity contribution in [3.63, 3.8) is 0 Å².